The highest BCUT2D eigenvalue weighted by atomic mass is 16.6. The third kappa shape index (κ3) is 4.50. The zero-order valence-electron chi connectivity index (χ0n) is 16.2. The molecule has 1 fully saturated rings. The van der Waals surface area contributed by atoms with Crippen molar-refractivity contribution in [3.63, 3.8) is 0 Å². The molecular formula is C18H21N5O6. The van der Waals surface area contributed by atoms with Crippen molar-refractivity contribution >= 4 is 34.6 Å². The van der Waals surface area contributed by atoms with Crippen LogP contribution in [-0.4, -0.2) is 68.2 Å². The monoisotopic (exact) mass is 403 g/mol. The van der Waals surface area contributed by atoms with Gasteiger partial charge in [0.15, 0.2) is 0 Å². The molecule has 1 amide bonds. The first-order valence-corrected chi connectivity index (χ1v) is 8.94. The van der Waals surface area contributed by atoms with E-state index < -0.39 is 28.6 Å². The minimum absolute atomic E-state index is 0.0653. The number of carboxylic acids is 1. The van der Waals surface area contributed by atoms with E-state index in [2.05, 4.69) is 9.97 Å². The van der Waals surface area contributed by atoms with E-state index in [1.165, 1.54) is 29.3 Å². The normalized spacial score (nSPS) is 17.3. The molecule has 11 heteroatoms. The van der Waals surface area contributed by atoms with E-state index in [4.69, 9.17) is 4.74 Å². The molecule has 0 spiro atoms. The third-order valence-electron chi connectivity index (χ3n) is 4.34. The van der Waals surface area contributed by atoms with Gasteiger partial charge in [0.25, 0.3) is 5.69 Å². The molecular weight excluding hydrogens is 382 g/mol. The number of carbonyl (C=O) groups is 2. The molecule has 154 valence electrons. The molecule has 0 radical (unpaired) electrons. The van der Waals surface area contributed by atoms with Crippen molar-refractivity contribution < 1.29 is 24.4 Å². The van der Waals surface area contributed by atoms with Crippen LogP contribution in [0.1, 0.15) is 20.8 Å². The summed E-state index contributed by atoms with van der Waals surface area (Å²) in [5, 5.41) is 20.6. The van der Waals surface area contributed by atoms with Gasteiger partial charge in [0.05, 0.1) is 28.7 Å². The number of rotatable bonds is 3. The SMILES string of the molecule is CC(C)(C)OC(=O)N1CCN(c2cnc3cc([N+](=O)[O-])ccc3n2)C(C(=O)O)C1. The van der Waals surface area contributed by atoms with Gasteiger partial charge in [-0.1, -0.05) is 0 Å². The number of nitrogens with zero attached hydrogens (tertiary/aromatic N) is 5. The number of hydrogen-bond donors (Lipinski definition) is 1. The molecule has 1 aromatic heterocycles. The lowest BCUT2D eigenvalue weighted by Crippen LogP contribution is -2.58. The standard InChI is InChI=1S/C18H21N5O6/c1-18(2,3)29-17(26)21-6-7-22(14(10-21)16(24)25)15-9-19-13-8-11(23(27)28)4-5-12(13)20-15/h4-5,8-9,14H,6-7,10H2,1-3H3,(H,24,25). The number of non-ortho nitro benzene ring substituents is 1. The molecule has 2 aromatic rings. The molecule has 0 bridgehead atoms. The maximum Gasteiger partial charge on any atom is 0.410 e. The van der Waals surface area contributed by atoms with Gasteiger partial charge in [-0.25, -0.2) is 14.6 Å². The Labute approximate surface area is 166 Å². The van der Waals surface area contributed by atoms with Crippen LogP contribution in [0.15, 0.2) is 24.4 Å². The van der Waals surface area contributed by atoms with E-state index in [0.717, 1.165) is 0 Å². The Morgan fingerprint density at radius 3 is 2.62 bits per heavy atom. The Morgan fingerprint density at radius 1 is 1.28 bits per heavy atom. The van der Waals surface area contributed by atoms with Gasteiger partial charge in [-0.3, -0.25) is 15.1 Å². The second kappa shape index (κ2) is 7.49. The molecule has 1 atom stereocenters. The maximum absolute atomic E-state index is 12.3. The van der Waals surface area contributed by atoms with E-state index in [1.54, 1.807) is 25.7 Å². The number of carboxylic acid groups (broad SMARTS) is 1. The zero-order chi connectivity index (χ0) is 21.3. The van der Waals surface area contributed by atoms with Crippen LogP contribution in [-0.2, 0) is 9.53 Å². The number of aromatic nitrogens is 2. The fourth-order valence-corrected chi connectivity index (χ4v) is 3.00. The lowest BCUT2D eigenvalue weighted by molar-refractivity contribution is -0.384. The predicted molar refractivity (Wildman–Crippen MR) is 103 cm³/mol. The number of nitro benzene ring substituents is 1. The van der Waals surface area contributed by atoms with Gasteiger partial charge in [0.1, 0.15) is 17.5 Å². The highest BCUT2D eigenvalue weighted by molar-refractivity contribution is 5.82. The number of fused-ring (bicyclic) bond motifs is 1. The van der Waals surface area contributed by atoms with Gasteiger partial charge in [-0.2, -0.15) is 0 Å². The minimum atomic E-state index is -1.11. The number of nitro groups is 1. The summed E-state index contributed by atoms with van der Waals surface area (Å²) >= 11 is 0. The fourth-order valence-electron chi connectivity index (χ4n) is 3.00. The van der Waals surface area contributed by atoms with Crippen molar-refractivity contribution in [1.29, 1.82) is 0 Å². The third-order valence-corrected chi connectivity index (χ3v) is 4.34. The number of piperazine rings is 1. The smallest absolute Gasteiger partial charge is 0.410 e. The van der Waals surface area contributed by atoms with Crippen molar-refractivity contribution in [1.82, 2.24) is 14.9 Å². The van der Waals surface area contributed by atoms with Crippen LogP contribution in [0.3, 0.4) is 0 Å². The van der Waals surface area contributed by atoms with Crippen LogP contribution in [0.5, 0.6) is 0 Å². The molecule has 0 saturated carbocycles. The van der Waals surface area contributed by atoms with Gasteiger partial charge < -0.3 is 19.6 Å². The second-order valence-electron chi connectivity index (χ2n) is 7.63. The topological polar surface area (TPSA) is 139 Å². The highest BCUT2D eigenvalue weighted by Gasteiger charge is 2.36. The van der Waals surface area contributed by atoms with Gasteiger partial charge in [-0.05, 0) is 26.8 Å². The molecule has 1 saturated heterocycles. The lowest BCUT2D eigenvalue weighted by atomic mass is 10.1. The summed E-state index contributed by atoms with van der Waals surface area (Å²) in [6.45, 7) is 5.65. The van der Waals surface area contributed by atoms with E-state index in [9.17, 15) is 24.8 Å². The summed E-state index contributed by atoms with van der Waals surface area (Å²) in [4.78, 5) is 46.0. The van der Waals surface area contributed by atoms with Crippen LogP contribution in [0.4, 0.5) is 16.3 Å². The zero-order valence-corrected chi connectivity index (χ0v) is 16.2. The van der Waals surface area contributed by atoms with E-state index >= 15 is 0 Å². The number of hydrogen-bond acceptors (Lipinski definition) is 8. The van der Waals surface area contributed by atoms with Gasteiger partial charge in [-0.15, -0.1) is 0 Å². The van der Waals surface area contributed by atoms with Crippen molar-refractivity contribution in [2.75, 3.05) is 24.5 Å². The van der Waals surface area contributed by atoms with Crippen molar-refractivity contribution in [3.05, 3.63) is 34.5 Å². The van der Waals surface area contributed by atoms with E-state index in [-0.39, 0.29) is 25.3 Å². The number of carbonyl (C=O) groups excluding carboxylic acids is 1. The molecule has 3 rings (SSSR count). The van der Waals surface area contributed by atoms with Gasteiger partial charge >= 0.3 is 12.1 Å². The van der Waals surface area contributed by atoms with E-state index in [1.807, 2.05) is 0 Å². The average molecular weight is 403 g/mol. The Morgan fingerprint density at radius 2 is 2.00 bits per heavy atom. The Hall–Kier alpha value is -3.50. The number of aliphatic carboxylic acids is 1. The van der Waals surface area contributed by atoms with Crippen LogP contribution in [0.2, 0.25) is 0 Å². The summed E-state index contributed by atoms with van der Waals surface area (Å²) in [5.74, 6) is -0.786. The molecule has 1 aliphatic heterocycles. The van der Waals surface area contributed by atoms with Crippen molar-refractivity contribution in [2.24, 2.45) is 0 Å². The van der Waals surface area contributed by atoms with Crippen LogP contribution in [0, 0.1) is 10.1 Å². The maximum atomic E-state index is 12.3. The first kappa shape index (κ1) is 20.2. The minimum Gasteiger partial charge on any atom is -0.480 e. The molecule has 0 aliphatic carbocycles. The molecule has 2 heterocycles. The summed E-state index contributed by atoms with van der Waals surface area (Å²) in [6.07, 6.45) is 0.811. The van der Waals surface area contributed by atoms with Crippen molar-refractivity contribution in [3.8, 4) is 0 Å². The summed E-state index contributed by atoms with van der Waals surface area (Å²) in [6, 6.07) is 3.06. The molecule has 1 aromatic carbocycles. The van der Waals surface area contributed by atoms with Gasteiger partial charge in [0, 0.05) is 25.2 Å². The number of benzene rings is 1. The summed E-state index contributed by atoms with van der Waals surface area (Å²) in [5.41, 5.74) is -0.0395. The molecule has 29 heavy (non-hydrogen) atoms. The Kier molecular flexibility index (Phi) is 5.23. The van der Waals surface area contributed by atoms with Crippen LogP contribution >= 0.6 is 0 Å². The molecule has 1 N–H and O–H groups in total. The quantitative estimate of drug-likeness (QED) is 0.602. The van der Waals surface area contributed by atoms with Crippen molar-refractivity contribution in [2.45, 2.75) is 32.4 Å². The Balaban J connectivity index is 1.84. The largest absolute Gasteiger partial charge is 0.480 e. The Bertz CT molecular complexity index is 973. The number of anilines is 1. The predicted octanol–water partition coefficient (Wildman–Crippen LogP) is 2.05. The lowest BCUT2D eigenvalue weighted by Gasteiger charge is -2.40. The molecule has 11 nitrogen and oxygen atoms in total. The number of ether oxygens (including phenoxy) is 1. The first-order valence-electron chi connectivity index (χ1n) is 8.94. The average Bonchev–Trinajstić information content (AvgIpc) is 2.65. The van der Waals surface area contributed by atoms with E-state index in [0.29, 0.717) is 16.9 Å². The first-order chi connectivity index (χ1) is 13.5. The van der Waals surface area contributed by atoms with Crippen LogP contribution < -0.4 is 4.90 Å². The van der Waals surface area contributed by atoms with Gasteiger partial charge in [0.2, 0.25) is 0 Å². The summed E-state index contributed by atoms with van der Waals surface area (Å²) in [7, 11) is 0. The number of amides is 1. The fraction of sp³-hybridized carbons (Fsp3) is 0.444. The van der Waals surface area contributed by atoms with Crippen LogP contribution in [0.25, 0.3) is 11.0 Å². The second-order valence-corrected chi connectivity index (χ2v) is 7.63. The summed E-state index contributed by atoms with van der Waals surface area (Å²) < 4.78 is 5.33. The molecule has 1 unspecified atom stereocenters. The molecule has 1 aliphatic rings. The highest BCUT2D eigenvalue weighted by Crippen LogP contribution is 2.24.